The van der Waals surface area contributed by atoms with Gasteiger partial charge in [0.15, 0.2) is 0 Å². The van der Waals surface area contributed by atoms with E-state index >= 15 is 0 Å². The summed E-state index contributed by atoms with van der Waals surface area (Å²) in [4.78, 5) is -0.123. The zero-order valence-corrected chi connectivity index (χ0v) is 12.3. The van der Waals surface area contributed by atoms with E-state index in [1.165, 1.54) is 17.3 Å². The summed E-state index contributed by atoms with van der Waals surface area (Å²) in [6, 6.07) is 1.90. The monoisotopic (exact) mass is 302 g/mol. The molecule has 1 aromatic carbocycles. The molecule has 1 heterocycles. The first-order valence-corrected chi connectivity index (χ1v) is 7.91. The summed E-state index contributed by atoms with van der Waals surface area (Å²) in [5, 5.41) is 9.39. The second-order valence-electron chi connectivity index (χ2n) is 5.26. The average Bonchev–Trinajstić information content (AvgIpc) is 2.75. The largest absolute Gasteiger partial charge is 0.399 e. The van der Waals surface area contributed by atoms with Gasteiger partial charge in [-0.15, -0.1) is 0 Å². The van der Waals surface area contributed by atoms with Gasteiger partial charge in [0, 0.05) is 17.8 Å². The predicted octanol–water partition coefficient (Wildman–Crippen LogP) is 1.11. The van der Waals surface area contributed by atoms with Crippen LogP contribution in [0.2, 0.25) is 0 Å². The fourth-order valence-electron chi connectivity index (χ4n) is 2.61. The van der Waals surface area contributed by atoms with Crippen LogP contribution in [0.3, 0.4) is 0 Å². The molecule has 0 bridgehead atoms. The first-order valence-electron chi connectivity index (χ1n) is 6.47. The highest BCUT2D eigenvalue weighted by Gasteiger charge is 2.40. The minimum Gasteiger partial charge on any atom is -0.399 e. The molecule has 2 rings (SSSR count). The number of nitrogens with two attached hydrogens (primary N) is 1. The van der Waals surface area contributed by atoms with Crippen LogP contribution in [0.15, 0.2) is 17.0 Å². The highest BCUT2D eigenvalue weighted by atomic mass is 32.2. The van der Waals surface area contributed by atoms with Gasteiger partial charge in [-0.25, -0.2) is 12.8 Å². The first-order chi connectivity index (χ1) is 9.28. The molecule has 1 aromatic rings. The maximum absolute atomic E-state index is 13.7. The minimum absolute atomic E-state index is 0.0513. The zero-order chi connectivity index (χ0) is 15.1. The van der Waals surface area contributed by atoms with Crippen LogP contribution < -0.4 is 5.73 Å². The molecule has 3 N–H and O–H groups in total. The van der Waals surface area contributed by atoms with Crippen molar-refractivity contribution in [2.75, 3.05) is 18.9 Å². The van der Waals surface area contributed by atoms with E-state index in [9.17, 15) is 17.9 Å². The highest BCUT2D eigenvalue weighted by molar-refractivity contribution is 7.89. The Morgan fingerprint density at radius 3 is 2.75 bits per heavy atom. The molecule has 112 valence electrons. The van der Waals surface area contributed by atoms with Gasteiger partial charge < -0.3 is 10.8 Å². The Labute approximate surface area is 118 Å². The lowest BCUT2D eigenvalue weighted by molar-refractivity contribution is 0.191. The van der Waals surface area contributed by atoms with Gasteiger partial charge in [-0.1, -0.05) is 6.92 Å². The molecule has 0 radical (unpaired) electrons. The van der Waals surface area contributed by atoms with Gasteiger partial charge in [-0.05, 0) is 31.4 Å². The van der Waals surface area contributed by atoms with E-state index in [0.29, 0.717) is 13.0 Å². The summed E-state index contributed by atoms with van der Waals surface area (Å²) >= 11 is 0. The maximum atomic E-state index is 13.7. The number of hydrogen-bond acceptors (Lipinski definition) is 4. The second kappa shape index (κ2) is 5.31. The quantitative estimate of drug-likeness (QED) is 0.819. The normalized spacial score (nSPS) is 24.2. The van der Waals surface area contributed by atoms with Crippen LogP contribution in [0, 0.1) is 18.7 Å². The topological polar surface area (TPSA) is 83.6 Å². The third kappa shape index (κ3) is 2.41. The average molecular weight is 302 g/mol. The second-order valence-corrected chi connectivity index (χ2v) is 7.12. The number of sulfonamides is 1. The van der Waals surface area contributed by atoms with Crippen molar-refractivity contribution in [2.24, 2.45) is 5.92 Å². The number of rotatable bonds is 3. The van der Waals surface area contributed by atoms with Gasteiger partial charge in [0.1, 0.15) is 5.82 Å². The number of nitrogens with zero attached hydrogens (tertiary/aromatic N) is 1. The van der Waals surface area contributed by atoms with Crippen LogP contribution in [0.4, 0.5) is 10.1 Å². The van der Waals surface area contributed by atoms with E-state index in [1.807, 2.05) is 6.92 Å². The van der Waals surface area contributed by atoms with Gasteiger partial charge in [0.05, 0.1) is 17.5 Å². The van der Waals surface area contributed by atoms with Crippen LogP contribution in [-0.2, 0) is 10.0 Å². The fraction of sp³-hybridized carbons (Fsp3) is 0.538. The standard InChI is InChI=1S/C13H19FN2O3S/c1-8-3-4-16(12(8)7-17)20(18,19)13-6-10(15)5-11(14)9(13)2/h5-6,8,12,17H,3-4,7,15H2,1-2H3. The van der Waals surface area contributed by atoms with E-state index in [-0.39, 0.29) is 28.7 Å². The van der Waals surface area contributed by atoms with Crippen molar-refractivity contribution in [1.29, 1.82) is 0 Å². The molecule has 2 unspecified atom stereocenters. The van der Waals surface area contributed by atoms with E-state index in [2.05, 4.69) is 0 Å². The lowest BCUT2D eigenvalue weighted by Gasteiger charge is -2.25. The van der Waals surface area contributed by atoms with Gasteiger partial charge >= 0.3 is 0 Å². The SMILES string of the molecule is Cc1c(F)cc(N)cc1S(=O)(=O)N1CCC(C)C1CO. The summed E-state index contributed by atoms with van der Waals surface area (Å²) in [6.45, 7) is 3.38. The number of hydrogen-bond donors (Lipinski definition) is 2. The zero-order valence-electron chi connectivity index (χ0n) is 11.5. The number of halogens is 1. The van der Waals surface area contributed by atoms with Crippen LogP contribution in [0.1, 0.15) is 18.9 Å². The summed E-state index contributed by atoms with van der Waals surface area (Å²) in [5.41, 5.74) is 5.67. The Morgan fingerprint density at radius 2 is 2.15 bits per heavy atom. The first kappa shape index (κ1) is 15.2. The predicted molar refractivity (Wildman–Crippen MR) is 74.1 cm³/mol. The fourth-order valence-corrected chi connectivity index (χ4v) is 4.61. The summed E-state index contributed by atoms with van der Waals surface area (Å²) in [7, 11) is -3.86. The minimum atomic E-state index is -3.86. The summed E-state index contributed by atoms with van der Waals surface area (Å²) in [6.07, 6.45) is 0.675. The van der Waals surface area contributed by atoms with Crippen molar-refractivity contribution in [3.63, 3.8) is 0 Å². The summed E-state index contributed by atoms with van der Waals surface area (Å²) < 4.78 is 40.3. The molecule has 2 atom stereocenters. The maximum Gasteiger partial charge on any atom is 0.243 e. The molecule has 1 aliphatic heterocycles. The number of anilines is 1. The number of nitrogen functional groups attached to an aromatic ring is 1. The molecular formula is C13H19FN2O3S. The van der Waals surface area contributed by atoms with Crippen molar-refractivity contribution >= 4 is 15.7 Å². The van der Waals surface area contributed by atoms with Crippen LogP contribution >= 0.6 is 0 Å². The van der Waals surface area contributed by atoms with E-state index < -0.39 is 21.9 Å². The molecule has 1 fully saturated rings. The molecule has 7 heteroatoms. The van der Waals surface area contributed by atoms with Gasteiger partial charge in [-0.3, -0.25) is 0 Å². The van der Waals surface area contributed by atoms with Crippen LogP contribution in [-0.4, -0.2) is 37.0 Å². The number of benzene rings is 1. The van der Waals surface area contributed by atoms with Crippen molar-refractivity contribution in [3.05, 3.63) is 23.5 Å². The highest BCUT2D eigenvalue weighted by Crippen LogP contribution is 2.32. The molecule has 5 nitrogen and oxygen atoms in total. The smallest absolute Gasteiger partial charge is 0.243 e. The van der Waals surface area contributed by atoms with Crippen molar-refractivity contribution < 1.29 is 17.9 Å². The molecule has 0 spiro atoms. The van der Waals surface area contributed by atoms with Crippen molar-refractivity contribution in [2.45, 2.75) is 31.2 Å². The van der Waals surface area contributed by atoms with Crippen molar-refractivity contribution in [1.82, 2.24) is 4.31 Å². The molecular weight excluding hydrogens is 283 g/mol. The van der Waals surface area contributed by atoms with E-state index in [0.717, 1.165) is 6.07 Å². The van der Waals surface area contributed by atoms with Crippen molar-refractivity contribution in [3.8, 4) is 0 Å². The Kier molecular flexibility index (Phi) is 4.04. The van der Waals surface area contributed by atoms with E-state index in [4.69, 9.17) is 5.73 Å². The third-order valence-electron chi connectivity index (χ3n) is 3.92. The Morgan fingerprint density at radius 1 is 1.50 bits per heavy atom. The van der Waals surface area contributed by atoms with Gasteiger partial charge in [-0.2, -0.15) is 4.31 Å². The molecule has 0 saturated carbocycles. The van der Waals surface area contributed by atoms with E-state index in [1.54, 1.807) is 0 Å². The molecule has 0 aliphatic carbocycles. The lowest BCUT2D eigenvalue weighted by Crippen LogP contribution is -2.40. The molecule has 0 aromatic heterocycles. The Hall–Kier alpha value is -1.18. The van der Waals surface area contributed by atoms with Crippen LogP contribution in [0.5, 0.6) is 0 Å². The van der Waals surface area contributed by atoms with Crippen LogP contribution in [0.25, 0.3) is 0 Å². The van der Waals surface area contributed by atoms with Gasteiger partial charge in [0.2, 0.25) is 10.0 Å². The number of aliphatic hydroxyl groups is 1. The lowest BCUT2D eigenvalue weighted by atomic mass is 10.0. The number of aliphatic hydroxyl groups excluding tert-OH is 1. The Bertz CT molecular complexity index is 618. The molecule has 1 saturated heterocycles. The molecule has 0 amide bonds. The molecule has 20 heavy (non-hydrogen) atoms. The molecule has 1 aliphatic rings. The third-order valence-corrected chi connectivity index (χ3v) is 5.97. The summed E-state index contributed by atoms with van der Waals surface area (Å²) in [5.74, 6) is -0.572. The van der Waals surface area contributed by atoms with Gasteiger partial charge in [0.25, 0.3) is 0 Å². The Balaban J connectivity index is 2.51.